The topological polar surface area (TPSA) is 62.7 Å². The van der Waals surface area contributed by atoms with Gasteiger partial charge in [0.15, 0.2) is 0 Å². The molecule has 1 amide bonds. The van der Waals surface area contributed by atoms with Crippen molar-refractivity contribution in [1.29, 1.82) is 0 Å². The molecule has 3 rings (SSSR count). The molecule has 0 saturated heterocycles. The first-order chi connectivity index (χ1) is 12.2. The normalized spacial score (nSPS) is 12.4. The highest BCUT2D eigenvalue weighted by atomic mass is 16.1. The highest BCUT2D eigenvalue weighted by Gasteiger charge is 2.17. The van der Waals surface area contributed by atoms with Crippen molar-refractivity contribution in [1.82, 2.24) is 19.9 Å². The Balaban J connectivity index is 1.54. The first-order valence-corrected chi connectivity index (χ1v) is 9.00. The molecule has 132 valence electrons. The van der Waals surface area contributed by atoms with E-state index in [0.29, 0.717) is 6.42 Å². The van der Waals surface area contributed by atoms with Crippen molar-refractivity contribution in [3.63, 3.8) is 0 Å². The van der Waals surface area contributed by atoms with E-state index in [-0.39, 0.29) is 11.9 Å². The van der Waals surface area contributed by atoms with E-state index < -0.39 is 0 Å². The summed E-state index contributed by atoms with van der Waals surface area (Å²) in [6, 6.07) is 8.27. The van der Waals surface area contributed by atoms with Gasteiger partial charge in [0.05, 0.1) is 6.04 Å². The number of carbonyl (C=O) groups excluding carboxylic acids is 1. The van der Waals surface area contributed by atoms with Crippen LogP contribution in [0.3, 0.4) is 0 Å². The molecular formula is C20H26N4O. The number of aromatic amines is 1. The monoisotopic (exact) mass is 338 g/mol. The van der Waals surface area contributed by atoms with E-state index in [4.69, 9.17) is 0 Å². The lowest BCUT2D eigenvalue weighted by Gasteiger charge is -2.18. The zero-order valence-corrected chi connectivity index (χ0v) is 15.0. The third-order valence-corrected chi connectivity index (χ3v) is 4.61. The van der Waals surface area contributed by atoms with E-state index in [1.54, 1.807) is 6.20 Å². The molecule has 25 heavy (non-hydrogen) atoms. The van der Waals surface area contributed by atoms with Crippen LogP contribution >= 0.6 is 0 Å². The number of aryl methyl sites for hydroxylation is 2. The van der Waals surface area contributed by atoms with Crippen molar-refractivity contribution in [3.05, 3.63) is 54.2 Å². The van der Waals surface area contributed by atoms with E-state index in [9.17, 15) is 4.79 Å². The largest absolute Gasteiger partial charge is 0.361 e. The summed E-state index contributed by atoms with van der Waals surface area (Å²) in [6.45, 7) is 2.12. The Bertz CT molecular complexity index is 833. The maximum atomic E-state index is 12.4. The number of amides is 1. The predicted molar refractivity (Wildman–Crippen MR) is 100 cm³/mol. The van der Waals surface area contributed by atoms with E-state index in [0.717, 1.165) is 37.0 Å². The zero-order chi connectivity index (χ0) is 17.6. The van der Waals surface area contributed by atoms with Gasteiger partial charge in [-0.25, -0.2) is 4.98 Å². The molecule has 0 aliphatic heterocycles. The van der Waals surface area contributed by atoms with Crippen LogP contribution in [0.15, 0.2) is 42.9 Å². The van der Waals surface area contributed by atoms with Gasteiger partial charge in [0.2, 0.25) is 5.91 Å². The van der Waals surface area contributed by atoms with Crippen LogP contribution in [0.4, 0.5) is 0 Å². The first kappa shape index (κ1) is 17.3. The fraction of sp³-hybridized carbons (Fsp3) is 0.400. The molecule has 0 aliphatic rings. The maximum absolute atomic E-state index is 12.4. The maximum Gasteiger partial charge on any atom is 0.220 e. The number of carbonyl (C=O) groups is 1. The smallest absolute Gasteiger partial charge is 0.220 e. The molecule has 3 aromatic rings. The summed E-state index contributed by atoms with van der Waals surface area (Å²) in [5, 5.41) is 4.40. The van der Waals surface area contributed by atoms with Gasteiger partial charge in [0.1, 0.15) is 5.82 Å². The van der Waals surface area contributed by atoms with Crippen molar-refractivity contribution in [2.75, 3.05) is 0 Å². The minimum absolute atomic E-state index is 0.00871. The first-order valence-electron chi connectivity index (χ1n) is 9.00. The molecule has 2 heterocycles. The van der Waals surface area contributed by atoms with Crippen LogP contribution in [0.25, 0.3) is 10.9 Å². The van der Waals surface area contributed by atoms with Crippen LogP contribution in [0.1, 0.15) is 50.0 Å². The van der Waals surface area contributed by atoms with Crippen LogP contribution in [0.5, 0.6) is 0 Å². The van der Waals surface area contributed by atoms with Crippen molar-refractivity contribution < 1.29 is 4.79 Å². The van der Waals surface area contributed by atoms with E-state index in [2.05, 4.69) is 46.6 Å². The molecule has 1 atom stereocenters. The number of H-pyrrole nitrogens is 1. The third-order valence-electron chi connectivity index (χ3n) is 4.61. The lowest BCUT2D eigenvalue weighted by molar-refractivity contribution is -0.122. The van der Waals surface area contributed by atoms with Crippen molar-refractivity contribution in [3.8, 4) is 0 Å². The summed E-state index contributed by atoms with van der Waals surface area (Å²) in [4.78, 5) is 20.0. The van der Waals surface area contributed by atoms with Gasteiger partial charge in [-0.1, -0.05) is 31.5 Å². The summed E-state index contributed by atoms with van der Waals surface area (Å²) >= 11 is 0. The van der Waals surface area contributed by atoms with Crippen molar-refractivity contribution in [2.24, 2.45) is 7.05 Å². The molecule has 0 saturated carbocycles. The zero-order valence-electron chi connectivity index (χ0n) is 15.0. The number of nitrogens with one attached hydrogen (secondary N) is 2. The molecule has 0 fully saturated rings. The Hall–Kier alpha value is -2.56. The highest BCUT2D eigenvalue weighted by Crippen LogP contribution is 2.20. The van der Waals surface area contributed by atoms with Crippen LogP contribution in [-0.2, 0) is 18.3 Å². The molecule has 2 aromatic heterocycles. The number of imidazole rings is 1. The summed E-state index contributed by atoms with van der Waals surface area (Å²) in [5.74, 6) is 1.02. The second kappa shape index (κ2) is 8.01. The molecule has 0 aliphatic carbocycles. The molecule has 2 N–H and O–H groups in total. The fourth-order valence-electron chi connectivity index (χ4n) is 3.31. The molecule has 0 spiro atoms. The highest BCUT2D eigenvalue weighted by molar-refractivity contribution is 5.83. The molecule has 0 radical (unpaired) electrons. The second-order valence-corrected chi connectivity index (χ2v) is 6.52. The van der Waals surface area contributed by atoms with Crippen LogP contribution < -0.4 is 5.32 Å². The summed E-state index contributed by atoms with van der Waals surface area (Å²) in [5.41, 5.74) is 2.43. The average molecular weight is 338 g/mol. The molecule has 5 nitrogen and oxygen atoms in total. The fourth-order valence-corrected chi connectivity index (χ4v) is 3.31. The van der Waals surface area contributed by atoms with Gasteiger partial charge < -0.3 is 14.9 Å². The van der Waals surface area contributed by atoms with Gasteiger partial charge >= 0.3 is 0 Å². The van der Waals surface area contributed by atoms with Crippen molar-refractivity contribution in [2.45, 2.75) is 45.1 Å². The van der Waals surface area contributed by atoms with Gasteiger partial charge in [-0.05, 0) is 30.9 Å². The lowest BCUT2D eigenvalue weighted by atomic mass is 10.1. The number of hydrogen-bond donors (Lipinski definition) is 2. The number of hydrogen-bond acceptors (Lipinski definition) is 2. The molecule has 0 bridgehead atoms. The minimum Gasteiger partial charge on any atom is -0.361 e. The van der Waals surface area contributed by atoms with E-state index in [1.165, 1.54) is 10.9 Å². The van der Waals surface area contributed by atoms with Crippen LogP contribution in [-0.4, -0.2) is 20.4 Å². The Morgan fingerprint density at radius 2 is 2.20 bits per heavy atom. The van der Waals surface area contributed by atoms with Crippen molar-refractivity contribution >= 4 is 16.8 Å². The average Bonchev–Trinajstić information content (AvgIpc) is 3.21. The number of benzene rings is 1. The molecule has 1 aromatic carbocycles. The van der Waals surface area contributed by atoms with Gasteiger partial charge in [0.25, 0.3) is 0 Å². The summed E-state index contributed by atoms with van der Waals surface area (Å²) in [7, 11) is 1.97. The van der Waals surface area contributed by atoms with Gasteiger partial charge in [-0.3, -0.25) is 4.79 Å². The molecule has 5 heteroatoms. The summed E-state index contributed by atoms with van der Waals surface area (Å²) in [6.07, 6.45) is 9.93. The van der Waals surface area contributed by atoms with Gasteiger partial charge in [-0.2, -0.15) is 0 Å². The SMILES string of the molecule is CCC[C@@H](NC(=O)CCCc1c[nH]c2ccccc12)c1nccn1C. The quantitative estimate of drug-likeness (QED) is 0.655. The van der Waals surface area contributed by atoms with E-state index in [1.807, 2.05) is 23.9 Å². The third kappa shape index (κ3) is 4.10. The Morgan fingerprint density at radius 1 is 1.36 bits per heavy atom. The number of fused-ring (bicyclic) bond motifs is 1. The predicted octanol–water partition coefficient (Wildman–Crippen LogP) is 3.88. The number of rotatable bonds is 8. The number of nitrogens with zero attached hydrogens (tertiary/aromatic N) is 2. The molecular weight excluding hydrogens is 312 g/mol. The number of para-hydroxylation sites is 1. The van der Waals surface area contributed by atoms with E-state index >= 15 is 0 Å². The molecule has 0 unspecified atom stereocenters. The number of aromatic nitrogens is 3. The van der Waals surface area contributed by atoms with Crippen LogP contribution in [0.2, 0.25) is 0 Å². The van der Waals surface area contributed by atoms with Gasteiger partial charge in [0, 0.05) is 43.0 Å². The second-order valence-electron chi connectivity index (χ2n) is 6.52. The summed E-state index contributed by atoms with van der Waals surface area (Å²) < 4.78 is 1.98. The van der Waals surface area contributed by atoms with Crippen LogP contribution in [0, 0.1) is 0 Å². The Labute approximate surface area is 148 Å². The standard InChI is InChI=1S/C20H26N4O/c1-3-7-18(20-21-12-13-24(20)2)23-19(25)11-6-8-15-14-22-17-10-5-4-9-16(15)17/h4-5,9-10,12-14,18,22H,3,6-8,11H2,1-2H3,(H,23,25)/t18-/m1/s1. The Kier molecular flexibility index (Phi) is 5.53. The minimum atomic E-state index is -0.00871. The van der Waals surface area contributed by atoms with Gasteiger partial charge in [-0.15, -0.1) is 0 Å². The Morgan fingerprint density at radius 3 is 2.96 bits per heavy atom. The lowest BCUT2D eigenvalue weighted by Crippen LogP contribution is -2.30.